The molecule has 2 N–H and O–H groups in total. The maximum atomic E-state index is 10.2. The molecule has 2 nitrogen and oxygen atoms in total. The zero-order valence-corrected chi connectivity index (χ0v) is 12.1. The van der Waals surface area contributed by atoms with Crippen LogP contribution in [0.4, 0.5) is 0 Å². The lowest BCUT2D eigenvalue weighted by atomic mass is 9.79. The fourth-order valence-electron chi connectivity index (χ4n) is 2.82. The summed E-state index contributed by atoms with van der Waals surface area (Å²) in [4.78, 5) is 0. The van der Waals surface area contributed by atoms with Gasteiger partial charge < -0.3 is 10.4 Å². The molecular formula is C15H31NO. The summed E-state index contributed by atoms with van der Waals surface area (Å²) in [6.07, 6.45) is 6.96. The zero-order valence-electron chi connectivity index (χ0n) is 12.1. The first-order valence-corrected chi connectivity index (χ1v) is 7.46. The quantitative estimate of drug-likeness (QED) is 0.747. The standard InChI is InChI=1S/C15H31NO/c1-5-15(17,6-2)11-16-14-9-7-13(8-10-14)12(3)4/h12-14,16-17H,5-11H2,1-4H3. The lowest BCUT2D eigenvalue weighted by Gasteiger charge is -2.34. The van der Waals surface area contributed by atoms with Crippen molar-refractivity contribution >= 4 is 0 Å². The molecule has 0 unspecified atom stereocenters. The Labute approximate surface area is 107 Å². The van der Waals surface area contributed by atoms with Gasteiger partial charge >= 0.3 is 0 Å². The SMILES string of the molecule is CCC(O)(CC)CNC1CCC(C(C)C)CC1. The topological polar surface area (TPSA) is 32.3 Å². The van der Waals surface area contributed by atoms with Crippen molar-refractivity contribution in [2.24, 2.45) is 11.8 Å². The van der Waals surface area contributed by atoms with Gasteiger partial charge in [0, 0.05) is 12.6 Å². The molecule has 0 saturated heterocycles. The van der Waals surface area contributed by atoms with Crippen LogP contribution in [-0.4, -0.2) is 23.3 Å². The van der Waals surface area contributed by atoms with E-state index in [-0.39, 0.29) is 0 Å². The molecule has 1 fully saturated rings. The molecule has 17 heavy (non-hydrogen) atoms. The van der Waals surface area contributed by atoms with Gasteiger partial charge in [-0.05, 0) is 50.4 Å². The molecule has 0 aromatic heterocycles. The zero-order chi connectivity index (χ0) is 12.9. The van der Waals surface area contributed by atoms with Crippen molar-refractivity contribution in [3.8, 4) is 0 Å². The number of hydrogen-bond donors (Lipinski definition) is 2. The van der Waals surface area contributed by atoms with Crippen LogP contribution >= 0.6 is 0 Å². The lowest BCUT2D eigenvalue weighted by molar-refractivity contribution is 0.0277. The molecule has 0 radical (unpaired) electrons. The van der Waals surface area contributed by atoms with Crippen LogP contribution in [0.5, 0.6) is 0 Å². The Morgan fingerprint density at radius 2 is 1.65 bits per heavy atom. The van der Waals surface area contributed by atoms with Crippen LogP contribution in [-0.2, 0) is 0 Å². The van der Waals surface area contributed by atoms with Crippen molar-refractivity contribution in [1.29, 1.82) is 0 Å². The van der Waals surface area contributed by atoms with Crippen LogP contribution in [0, 0.1) is 11.8 Å². The maximum Gasteiger partial charge on any atom is 0.0766 e. The van der Waals surface area contributed by atoms with E-state index in [9.17, 15) is 5.11 Å². The van der Waals surface area contributed by atoms with Crippen molar-refractivity contribution in [1.82, 2.24) is 5.32 Å². The highest BCUT2D eigenvalue weighted by Gasteiger charge is 2.26. The third-order valence-electron chi connectivity index (χ3n) is 4.75. The molecule has 0 heterocycles. The number of nitrogens with one attached hydrogen (secondary N) is 1. The average molecular weight is 241 g/mol. The second kappa shape index (κ2) is 6.75. The predicted molar refractivity (Wildman–Crippen MR) is 74.1 cm³/mol. The minimum absolute atomic E-state index is 0.491. The highest BCUT2D eigenvalue weighted by Crippen LogP contribution is 2.30. The van der Waals surface area contributed by atoms with Gasteiger partial charge in [0.15, 0.2) is 0 Å². The summed E-state index contributed by atoms with van der Waals surface area (Å²) in [6, 6.07) is 0.634. The van der Waals surface area contributed by atoms with E-state index in [0.29, 0.717) is 6.04 Å². The van der Waals surface area contributed by atoms with Gasteiger partial charge in [0.05, 0.1) is 5.60 Å². The molecule has 2 heteroatoms. The van der Waals surface area contributed by atoms with E-state index in [1.165, 1.54) is 25.7 Å². The molecular weight excluding hydrogens is 210 g/mol. The predicted octanol–water partition coefficient (Wildman–Crippen LogP) is 3.34. The summed E-state index contributed by atoms with van der Waals surface area (Å²) in [5.41, 5.74) is -0.491. The summed E-state index contributed by atoms with van der Waals surface area (Å²) in [6.45, 7) is 9.58. The van der Waals surface area contributed by atoms with Gasteiger partial charge in [-0.15, -0.1) is 0 Å². The van der Waals surface area contributed by atoms with E-state index >= 15 is 0 Å². The molecule has 102 valence electrons. The van der Waals surface area contributed by atoms with E-state index in [1.807, 2.05) is 0 Å². The van der Waals surface area contributed by atoms with Gasteiger partial charge in [-0.25, -0.2) is 0 Å². The van der Waals surface area contributed by atoms with Gasteiger partial charge in [0.25, 0.3) is 0 Å². The second-order valence-electron chi connectivity index (χ2n) is 6.17. The highest BCUT2D eigenvalue weighted by atomic mass is 16.3. The maximum absolute atomic E-state index is 10.2. The number of hydrogen-bond acceptors (Lipinski definition) is 2. The van der Waals surface area contributed by atoms with Crippen LogP contribution in [0.2, 0.25) is 0 Å². The van der Waals surface area contributed by atoms with Gasteiger partial charge in [0.1, 0.15) is 0 Å². The largest absolute Gasteiger partial charge is 0.389 e. The Balaban J connectivity index is 2.27. The number of aliphatic hydroxyl groups is 1. The molecule has 0 amide bonds. The molecule has 0 spiro atoms. The normalized spacial score (nSPS) is 26.5. The van der Waals surface area contributed by atoms with Gasteiger partial charge in [-0.1, -0.05) is 27.7 Å². The molecule has 1 rings (SSSR count). The minimum Gasteiger partial charge on any atom is -0.389 e. The van der Waals surface area contributed by atoms with E-state index in [4.69, 9.17) is 0 Å². The van der Waals surface area contributed by atoms with E-state index in [2.05, 4.69) is 33.0 Å². The van der Waals surface area contributed by atoms with Crippen molar-refractivity contribution in [2.45, 2.75) is 77.9 Å². The Bertz CT molecular complexity index is 203. The van der Waals surface area contributed by atoms with Gasteiger partial charge in [0.2, 0.25) is 0 Å². The van der Waals surface area contributed by atoms with Gasteiger partial charge in [-0.3, -0.25) is 0 Å². The first-order valence-electron chi connectivity index (χ1n) is 7.46. The van der Waals surface area contributed by atoms with Crippen LogP contribution in [0.25, 0.3) is 0 Å². The first kappa shape index (κ1) is 15.0. The van der Waals surface area contributed by atoms with Crippen molar-refractivity contribution in [3.05, 3.63) is 0 Å². The van der Waals surface area contributed by atoms with Crippen LogP contribution in [0.3, 0.4) is 0 Å². The Kier molecular flexibility index (Phi) is 5.94. The highest BCUT2D eigenvalue weighted by molar-refractivity contribution is 4.83. The molecule has 0 aromatic carbocycles. The molecule has 0 atom stereocenters. The summed E-state index contributed by atoms with van der Waals surface area (Å²) >= 11 is 0. The summed E-state index contributed by atoms with van der Waals surface area (Å²) in [5, 5.41) is 13.8. The Morgan fingerprint density at radius 3 is 2.06 bits per heavy atom. The third-order valence-corrected chi connectivity index (χ3v) is 4.75. The van der Waals surface area contributed by atoms with E-state index < -0.39 is 5.60 Å². The molecule has 0 bridgehead atoms. The van der Waals surface area contributed by atoms with Crippen LogP contribution in [0.1, 0.15) is 66.2 Å². The monoisotopic (exact) mass is 241 g/mol. The summed E-state index contributed by atoms with van der Waals surface area (Å²) in [5.74, 6) is 1.75. The molecule has 1 saturated carbocycles. The molecule has 0 aliphatic heterocycles. The van der Waals surface area contributed by atoms with Crippen LogP contribution < -0.4 is 5.32 Å². The Hall–Kier alpha value is -0.0800. The third kappa shape index (κ3) is 4.59. The van der Waals surface area contributed by atoms with E-state index in [1.54, 1.807) is 0 Å². The molecule has 1 aliphatic carbocycles. The minimum atomic E-state index is -0.491. The first-order chi connectivity index (χ1) is 8.00. The summed E-state index contributed by atoms with van der Waals surface area (Å²) in [7, 11) is 0. The van der Waals surface area contributed by atoms with Crippen molar-refractivity contribution in [3.63, 3.8) is 0 Å². The average Bonchev–Trinajstić information content (AvgIpc) is 2.36. The summed E-state index contributed by atoms with van der Waals surface area (Å²) < 4.78 is 0. The van der Waals surface area contributed by atoms with Crippen LogP contribution in [0.15, 0.2) is 0 Å². The molecule has 1 aliphatic rings. The number of rotatable bonds is 6. The fourth-order valence-corrected chi connectivity index (χ4v) is 2.82. The second-order valence-corrected chi connectivity index (χ2v) is 6.17. The Morgan fingerprint density at radius 1 is 1.12 bits per heavy atom. The fraction of sp³-hybridized carbons (Fsp3) is 1.00. The smallest absolute Gasteiger partial charge is 0.0766 e. The molecule has 0 aromatic rings. The van der Waals surface area contributed by atoms with Crippen molar-refractivity contribution < 1.29 is 5.11 Å². The van der Waals surface area contributed by atoms with Gasteiger partial charge in [-0.2, -0.15) is 0 Å². The lowest BCUT2D eigenvalue weighted by Crippen LogP contribution is -2.45. The van der Waals surface area contributed by atoms with E-state index in [0.717, 1.165) is 31.2 Å². The van der Waals surface area contributed by atoms with Crippen molar-refractivity contribution in [2.75, 3.05) is 6.54 Å².